The lowest BCUT2D eigenvalue weighted by Gasteiger charge is -2.43. The van der Waals surface area contributed by atoms with Crippen LogP contribution in [0, 0.1) is 6.92 Å². The van der Waals surface area contributed by atoms with Crippen LogP contribution >= 0.6 is 35.3 Å². The number of hydrogen-bond acceptors (Lipinski definition) is 3. The molecule has 0 amide bonds. The van der Waals surface area contributed by atoms with Crippen molar-refractivity contribution in [2.24, 2.45) is 4.99 Å². The first-order valence-electron chi connectivity index (χ1n) is 8.86. The summed E-state index contributed by atoms with van der Waals surface area (Å²) in [6.45, 7) is 3.12. The molecule has 154 valence electrons. The molecule has 0 radical (unpaired) electrons. The standard InChI is InChI=1S/C19H23F3N4S.HI/c1-13-24-10-16(27-13)11-25-17(23-2)26-12-18(7-4-8-18)14-5-3-6-15(9-14)19(20,21)22;/h3,5-6,9-10H,4,7-8,11-12H2,1-2H3,(H2,23,25,26);1H. The molecular weight excluding hydrogens is 500 g/mol. The van der Waals surface area contributed by atoms with Crippen LogP contribution in [0.5, 0.6) is 0 Å². The summed E-state index contributed by atoms with van der Waals surface area (Å²) in [5.74, 6) is 0.638. The lowest BCUT2D eigenvalue weighted by molar-refractivity contribution is -0.137. The molecule has 2 N–H and O–H groups in total. The molecule has 1 aliphatic carbocycles. The zero-order valence-electron chi connectivity index (χ0n) is 15.8. The number of thiazole rings is 1. The van der Waals surface area contributed by atoms with Crippen molar-refractivity contribution in [3.63, 3.8) is 0 Å². The average molecular weight is 524 g/mol. The Kier molecular flexibility index (Phi) is 7.72. The van der Waals surface area contributed by atoms with Gasteiger partial charge in [-0.3, -0.25) is 4.99 Å². The molecule has 9 heteroatoms. The lowest BCUT2D eigenvalue weighted by Crippen LogP contribution is -2.48. The molecule has 1 saturated carbocycles. The number of nitrogens with one attached hydrogen (secondary N) is 2. The van der Waals surface area contributed by atoms with Crippen molar-refractivity contribution in [1.82, 2.24) is 15.6 Å². The first-order chi connectivity index (χ1) is 12.8. The topological polar surface area (TPSA) is 49.3 Å². The van der Waals surface area contributed by atoms with Crippen molar-refractivity contribution in [1.29, 1.82) is 0 Å². The molecule has 1 aliphatic rings. The van der Waals surface area contributed by atoms with Gasteiger partial charge in [-0.2, -0.15) is 13.2 Å². The molecule has 0 unspecified atom stereocenters. The fraction of sp³-hybridized carbons (Fsp3) is 0.474. The van der Waals surface area contributed by atoms with Gasteiger partial charge in [-0.05, 0) is 31.4 Å². The van der Waals surface area contributed by atoms with Crippen LogP contribution in [0.15, 0.2) is 35.5 Å². The van der Waals surface area contributed by atoms with Gasteiger partial charge in [0.15, 0.2) is 5.96 Å². The van der Waals surface area contributed by atoms with Crippen LogP contribution in [0.4, 0.5) is 13.2 Å². The van der Waals surface area contributed by atoms with E-state index in [4.69, 9.17) is 0 Å². The molecule has 1 aromatic carbocycles. The van der Waals surface area contributed by atoms with Gasteiger partial charge in [-0.25, -0.2) is 4.98 Å². The van der Waals surface area contributed by atoms with Gasteiger partial charge in [-0.1, -0.05) is 24.6 Å². The largest absolute Gasteiger partial charge is 0.416 e. The van der Waals surface area contributed by atoms with Crippen LogP contribution in [-0.4, -0.2) is 24.5 Å². The van der Waals surface area contributed by atoms with Gasteiger partial charge >= 0.3 is 6.18 Å². The Bertz CT molecular complexity index is 816. The van der Waals surface area contributed by atoms with Crippen molar-refractivity contribution in [2.45, 2.75) is 44.3 Å². The van der Waals surface area contributed by atoms with E-state index in [0.29, 0.717) is 19.0 Å². The van der Waals surface area contributed by atoms with E-state index in [9.17, 15) is 13.2 Å². The highest BCUT2D eigenvalue weighted by Gasteiger charge is 2.40. The second kappa shape index (κ2) is 9.43. The minimum absolute atomic E-state index is 0. The highest BCUT2D eigenvalue weighted by Crippen LogP contribution is 2.44. The number of aliphatic imine (C=N–C) groups is 1. The molecule has 4 nitrogen and oxygen atoms in total. The van der Waals surface area contributed by atoms with Crippen molar-refractivity contribution in [3.8, 4) is 0 Å². The van der Waals surface area contributed by atoms with E-state index in [-0.39, 0.29) is 29.4 Å². The number of rotatable bonds is 5. The number of nitrogens with zero attached hydrogens (tertiary/aromatic N) is 2. The third kappa shape index (κ3) is 5.37. The molecule has 0 atom stereocenters. The summed E-state index contributed by atoms with van der Waals surface area (Å²) in [5, 5.41) is 7.53. The molecule has 0 bridgehead atoms. The average Bonchev–Trinajstić information content (AvgIpc) is 3.01. The molecule has 0 aliphatic heterocycles. The van der Waals surface area contributed by atoms with E-state index in [2.05, 4.69) is 20.6 Å². The first-order valence-corrected chi connectivity index (χ1v) is 9.68. The molecule has 0 saturated heterocycles. The van der Waals surface area contributed by atoms with Crippen molar-refractivity contribution in [2.75, 3.05) is 13.6 Å². The van der Waals surface area contributed by atoms with Crippen molar-refractivity contribution >= 4 is 41.3 Å². The van der Waals surface area contributed by atoms with Crippen LogP contribution in [0.1, 0.15) is 40.3 Å². The predicted molar refractivity (Wildman–Crippen MR) is 117 cm³/mol. The smallest absolute Gasteiger partial charge is 0.356 e. The number of alkyl halides is 3. The molecule has 3 rings (SSSR count). The molecule has 28 heavy (non-hydrogen) atoms. The normalized spacial score (nSPS) is 16.1. The predicted octanol–water partition coefficient (Wildman–Crippen LogP) is 4.88. The number of guanidine groups is 1. The summed E-state index contributed by atoms with van der Waals surface area (Å²) in [5.41, 5.74) is -0.126. The minimum Gasteiger partial charge on any atom is -0.356 e. The summed E-state index contributed by atoms with van der Waals surface area (Å²) in [6, 6.07) is 5.71. The van der Waals surface area contributed by atoms with Crippen molar-refractivity contribution < 1.29 is 13.2 Å². The maximum atomic E-state index is 13.1. The molecule has 1 fully saturated rings. The van der Waals surface area contributed by atoms with Crippen LogP contribution in [-0.2, 0) is 18.1 Å². The molecule has 2 aromatic rings. The fourth-order valence-corrected chi connectivity index (χ4v) is 4.06. The highest BCUT2D eigenvalue weighted by molar-refractivity contribution is 14.0. The monoisotopic (exact) mass is 524 g/mol. The van der Waals surface area contributed by atoms with E-state index in [1.807, 2.05) is 13.1 Å². The Morgan fingerprint density at radius 1 is 1.29 bits per heavy atom. The number of benzene rings is 1. The first kappa shape index (κ1) is 22.9. The van der Waals surface area contributed by atoms with Crippen LogP contribution in [0.25, 0.3) is 0 Å². The number of aryl methyl sites for hydroxylation is 1. The number of hydrogen-bond donors (Lipinski definition) is 2. The van der Waals surface area contributed by atoms with Crippen molar-refractivity contribution in [3.05, 3.63) is 51.5 Å². The molecule has 1 heterocycles. The Labute approximate surface area is 184 Å². The SMILES string of the molecule is CN=C(NCc1cnc(C)s1)NCC1(c2cccc(C(F)(F)F)c2)CCC1.I. The van der Waals surface area contributed by atoms with Crippen LogP contribution < -0.4 is 10.6 Å². The summed E-state index contributed by atoms with van der Waals surface area (Å²) in [7, 11) is 1.69. The van der Waals surface area contributed by atoms with Gasteiger partial charge in [0.25, 0.3) is 0 Å². The minimum atomic E-state index is -4.32. The highest BCUT2D eigenvalue weighted by atomic mass is 127. The zero-order chi connectivity index (χ0) is 19.5. The van der Waals surface area contributed by atoms with E-state index >= 15 is 0 Å². The molecule has 0 spiro atoms. The third-order valence-corrected chi connectivity index (χ3v) is 5.94. The Morgan fingerprint density at radius 2 is 2.04 bits per heavy atom. The van der Waals surface area contributed by atoms with E-state index in [0.717, 1.165) is 40.8 Å². The second-order valence-electron chi connectivity index (χ2n) is 6.84. The van der Waals surface area contributed by atoms with Gasteiger partial charge in [0.1, 0.15) is 0 Å². The van der Waals surface area contributed by atoms with Gasteiger partial charge in [0, 0.05) is 30.1 Å². The van der Waals surface area contributed by atoms with Gasteiger partial charge in [0.2, 0.25) is 0 Å². The van der Waals surface area contributed by atoms with E-state index < -0.39 is 11.7 Å². The molecular formula is C19H24F3IN4S. The lowest BCUT2D eigenvalue weighted by atomic mass is 9.64. The molecule has 1 aromatic heterocycles. The second-order valence-corrected chi connectivity index (χ2v) is 8.16. The summed E-state index contributed by atoms with van der Waals surface area (Å²) < 4.78 is 39.2. The third-order valence-electron chi connectivity index (χ3n) is 5.03. The quantitative estimate of drug-likeness (QED) is 0.333. The van der Waals surface area contributed by atoms with Gasteiger partial charge in [0.05, 0.1) is 17.1 Å². The summed E-state index contributed by atoms with van der Waals surface area (Å²) >= 11 is 1.62. The fourth-order valence-electron chi connectivity index (χ4n) is 3.33. The number of aromatic nitrogens is 1. The van der Waals surface area contributed by atoms with Gasteiger partial charge in [-0.15, -0.1) is 35.3 Å². The van der Waals surface area contributed by atoms with Crippen LogP contribution in [0.2, 0.25) is 0 Å². The van der Waals surface area contributed by atoms with E-state index in [1.165, 1.54) is 12.1 Å². The van der Waals surface area contributed by atoms with Crippen LogP contribution in [0.3, 0.4) is 0 Å². The van der Waals surface area contributed by atoms with E-state index in [1.54, 1.807) is 24.5 Å². The maximum absolute atomic E-state index is 13.1. The Balaban J connectivity index is 0.00000280. The van der Waals surface area contributed by atoms with Gasteiger partial charge < -0.3 is 10.6 Å². The zero-order valence-corrected chi connectivity index (χ0v) is 18.9. The maximum Gasteiger partial charge on any atom is 0.416 e. The Hall–Kier alpha value is -1.36. The summed E-state index contributed by atoms with van der Waals surface area (Å²) in [6.07, 6.45) is 0.262. The number of halogens is 4. The Morgan fingerprint density at radius 3 is 2.57 bits per heavy atom. The summed E-state index contributed by atoms with van der Waals surface area (Å²) in [4.78, 5) is 9.55.